The Balaban J connectivity index is 3.21. The second-order valence-electron chi connectivity index (χ2n) is 3.14. The van der Waals surface area contributed by atoms with Crippen molar-refractivity contribution >= 4 is 27.5 Å². The maximum Gasteiger partial charge on any atom is 0.335 e. The van der Waals surface area contributed by atoms with Gasteiger partial charge in [0, 0.05) is 23.8 Å². The highest BCUT2D eigenvalue weighted by atomic mass is 79.9. The van der Waals surface area contributed by atoms with Gasteiger partial charge in [-0.05, 0) is 15.9 Å². The van der Waals surface area contributed by atoms with Gasteiger partial charge < -0.3 is 4.74 Å². The Bertz CT molecular complexity index is 565. The quantitative estimate of drug-likeness (QED) is 0.278. The summed E-state index contributed by atoms with van der Waals surface area (Å²) in [5.41, 5.74) is -1.24. The third kappa shape index (κ3) is 3.27. The number of aliphatic imine (C=N–C) groups is 1. The van der Waals surface area contributed by atoms with Crippen LogP contribution in [0.4, 0.5) is 5.69 Å². The molecule has 0 spiro atoms. The van der Waals surface area contributed by atoms with Crippen LogP contribution in [0.1, 0.15) is 0 Å². The van der Waals surface area contributed by atoms with Crippen molar-refractivity contribution in [1.29, 1.82) is 0 Å². The first-order chi connectivity index (χ1) is 8.49. The lowest BCUT2D eigenvalue weighted by molar-refractivity contribution is -0.386. The van der Waals surface area contributed by atoms with Gasteiger partial charge in [0.25, 0.3) is 0 Å². The largest absolute Gasteiger partial charge is 0.450 e. The van der Waals surface area contributed by atoms with E-state index < -0.39 is 16.2 Å². The maximum atomic E-state index is 11.8. The van der Waals surface area contributed by atoms with E-state index in [1.165, 1.54) is 19.5 Å². The molecule has 0 N–H and O–H groups in total. The zero-order valence-electron chi connectivity index (χ0n) is 9.50. The fourth-order valence-corrected chi connectivity index (χ4v) is 1.70. The van der Waals surface area contributed by atoms with Crippen molar-refractivity contribution in [2.45, 2.75) is 6.54 Å². The Morgan fingerprint density at radius 2 is 2.44 bits per heavy atom. The van der Waals surface area contributed by atoms with Gasteiger partial charge in [-0.1, -0.05) is 6.58 Å². The summed E-state index contributed by atoms with van der Waals surface area (Å²) in [6, 6.07) is 1.15. The zero-order valence-corrected chi connectivity index (χ0v) is 11.1. The van der Waals surface area contributed by atoms with E-state index in [0.29, 0.717) is 4.47 Å². The first-order valence-corrected chi connectivity index (χ1v) is 5.56. The summed E-state index contributed by atoms with van der Waals surface area (Å²) in [7, 11) is 1.48. The molecule has 0 fully saturated rings. The third-order valence-electron chi connectivity index (χ3n) is 2.00. The monoisotopic (exact) mass is 315 g/mol. The van der Waals surface area contributed by atoms with E-state index in [0.717, 1.165) is 10.6 Å². The normalized spacial score (nSPS) is 11.1. The molecule has 8 heteroatoms. The van der Waals surface area contributed by atoms with Crippen LogP contribution in [0.15, 0.2) is 39.4 Å². The Labute approximate surface area is 111 Å². The van der Waals surface area contributed by atoms with Gasteiger partial charge >= 0.3 is 11.2 Å². The van der Waals surface area contributed by atoms with Gasteiger partial charge in [0.1, 0.15) is 6.54 Å². The minimum Gasteiger partial charge on any atom is -0.450 e. The Hall–Kier alpha value is -1.96. The van der Waals surface area contributed by atoms with E-state index in [-0.39, 0.29) is 12.4 Å². The van der Waals surface area contributed by atoms with Gasteiger partial charge in [0.2, 0.25) is 5.90 Å². The molecule has 1 rings (SSSR count). The first-order valence-electron chi connectivity index (χ1n) is 4.77. The molecule has 0 amide bonds. The number of aromatic nitrogens is 1. The Morgan fingerprint density at radius 1 is 1.78 bits per heavy atom. The molecule has 1 aromatic rings. The molecular weight excluding hydrogens is 306 g/mol. The molecule has 7 nitrogen and oxygen atoms in total. The fourth-order valence-electron chi connectivity index (χ4n) is 1.24. The Kier molecular flexibility index (Phi) is 4.78. The lowest BCUT2D eigenvalue weighted by Crippen LogP contribution is -2.26. The lowest BCUT2D eigenvalue weighted by Gasteiger charge is -2.07. The van der Waals surface area contributed by atoms with E-state index in [1.54, 1.807) is 0 Å². The van der Waals surface area contributed by atoms with Crippen molar-refractivity contribution in [3.8, 4) is 0 Å². The fraction of sp³-hybridized carbons (Fsp3) is 0.200. The molecule has 0 aliphatic heterocycles. The van der Waals surface area contributed by atoms with Crippen molar-refractivity contribution in [1.82, 2.24) is 4.57 Å². The molecule has 18 heavy (non-hydrogen) atoms. The summed E-state index contributed by atoms with van der Waals surface area (Å²) in [5.74, 6) is 0.222. The first kappa shape index (κ1) is 14.1. The van der Waals surface area contributed by atoms with E-state index in [9.17, 15) is 14.9 Å². The van der Waals surface area contributed by atoms with Crippen LogP contribution in [-0.2, 0) is 11.3 Å². The standard InChI is InChI=1S/C10H10BrN3O4/c1-3-18-9(12-2)6-13-5-7(11)4-8(10(13)15)14(16)17/h3-5H,1,6H2,2H3. The molecule has 0 aliphatic rings. The van der Waals surface area contributed by atoms with Crippen LogP contribution in [0.2, 0.25) is 0 Å². The molecule has 96 valence electrons. The third-order valence-corrected chi connectivity index (χ3v) is 2.44. The molecule has 0 atom stereocenters. The van der Waals surface area contributed by atoms with E-state index in [2.05, 4.69) is 27.5 Å². The average Bonchev–Trinajstić information content (AvgIpc) is 2.32. The molecule has 0 unspecified atom stereocenters. The van der Waals surface area contributed by atoms with Gasteiger partial charge in [-0.15, -0.1) is 0 Å². The number of hydrogen-bond acceptors (Lipinski definition) is 5. The average molecular weight is 316 g/mol. The van der Waals surface area contributed by atoms with Crippen LogP contribution in [0.5, 0.6) is 0 Å². The van der Waals surface area contributed by atoms with E-state index >= 15 is 0 Å². The summed E-state index contributed by atoms with van der Waals surface area (Å²) in [6.07, 6.45) is 2.59. The highest BCUT2D eigenvalue weighted by Gasteiger charge is 2.16. The SMILES string of the molecule is C=COC(Cn1cc(Br)cc([N+](=O)[O-])c1=O)=NC. The number of hydrogen-bond donors (Lipinski definition) is 0. The molecule has 1 heterocycles. The second-order valence-corrected chi connectivity index (χ2v) is 4.05. The van der Waals surface area contributed by atoms with Crippen molar-refractivity contribution in [3.63, 3.8) is 0 Å². The van der Waals surface area contributed by atoms with Crippen molar-refractivity contribution in [2.24, 2.45) is 4.99 Å². The molecule has 0 aliphatic carbocycles. The van der Waals surface area contributed by atoms with E-state index in [4.69, 9.17) is 4.74 Å². The van der Waals surface area contributed by atoms with E-state index in [1.807, 2.05) is 0 Å². The highest BCUT2D eigenvalue weighted by Crippen LogP contribution is 2.13. The van der Waals surface area contributed by atoms with Crippen LogP contribution >= 0.6 is 15.9 Å². The summed E-state index contributed by atoms with van der Waals surface area (Å²) in [4.78, 5) is 25.5. The molecule has 0 bridgehead atoms. The van der Waals surface area contributed by atoms with Gasteiger partial charge in [0.15, 0.2) is 0 Å². The van der Waals surface area contributed by atoms with Crippen LogP contribution in [0, 0.1) is 10.1 Å². The smallest absolute Gasteiger partial charge is 0.335 e. The molecule has 0 saturated heterocycles. The second kappa shape index (κ2) is 6.10. The zero-order chi connectivity index (χ0) is 13.7. The summed E-state index contributed by atoms with van der Waals surface area (Å²) in [6.45, 7) is 3.36. The molecule has 1 aromatic heterocycles. The molecular formula is C10H10BrN3O4. The van der Waals surface area contributed by atoms with Crippen molar-refractivity contribution in [3.05, 3.63) is 50.0 Å². The minimum atomic E-state index is -0.735. The van der Waals surface area contributed by atoms with Gasteiger partial charge in [-0.3, -0.25) is 24.5 Å². The Morgan fingerprint density at radius 3 is 2.94 bits per heavy atom. The number of halogens is 1. The summed E-state index contributed by atoms with van der Waals surface area (Å²) in [5, 5.41) is 10.7. The highest BCUT2D eigenvalue weighted by molar-refractivity contribution is 9.10. The van der Waals surface area contributed by atoms with Crippen molar-refractivity contribution < 1.29 is 9.66 Å². The van der Waals surface area contributed by atoms with Gasteiger partial charge in [-0.25, -0.2) is 0 Å². The summed E-state index contributed by atoms with van der Waals surface area (Å²) >= 11 is 3.10. The van der Waals surface area contributed by atoms with Crippen molar-refractivity contribution in [2.75, 3.05) is 7.05 Å². The molecule has 0 saturated carbocycles. The van der Waals surface area contributed by atoms with Crippen LogP contribution < -0.4 is 5.56 Å². The maximum absolute atomic E-state index is 11.8. The van der Waals surface area contributed by atoms with Gasteiger partial charge in [0.05, 0.1) is 11.2 Å². The number of rotatable bonds is 4. The lowest BCUT2D eigenvalue weighted by atomic mass is 10.4. The van der Waals surface area contributed by atoms with Crippen LogP contribution in [0.25, 0.3) is 0 Å². The van der Waals surface area contributed by atoms with Crippen LogP contribution in [0.3, 0.4) is 0 Å². The number of ether oxygens (including phenoxy) is 1. The number of nitro groups is 1. The number of pyridine rings is 1. The minimum absolute atomic E-state index is 0.0123. The summed E-state index contributed by atoms with van der Waals surface area (Å²) < 4.78 is 6.51. The predicted octanol–water partition coefficient (Wildman–Crippen LogP) is 1.71. The molecule has 0 radical (unpaired) electrons. The topological polar surface area (TPSA) is 86.7 Å². The van der Waals surface area contributed by atoms with Crippen LogP contribution in [-0.4, -0.2) is 22.4 Å². The predicted molar refractivity (Wildman–Crippen MR) is 69.7 cm³/mol. The molecule has 0 aromatic carbocycles. The van der Waals surface area contributed by atoms with Gasteiger partial charge in [-0.2, -0.15) is 0 Å². The number of nitrogens with zero attached hydrogens (tertiary/aromatic N) is 3.